The molecule has 2 aromatic carbocycles. The van der Waals surface area contributed by atoms with Gasteiger partial charge in [0.15, 0.2) is 4.67 Å². The summed E-state index contributed by atoms with van der Waals surface area (Å²) in [4.78, 5) is 0. The normalized spacial score (nSPS) is 12.7. The summed E-state index contributed by atoms with van der Waals surface area (Å²) in [6.07, 6.45) is 0. The van der Waals surface area contributed by atoms with Gasteiger partial charge in [-0.05, 0) is 57.0 Å². The third kappa shape index (κ3) is 2.65. The second-order valence-corrected chi connectivity index (χ2v) is 5.52. The fraction of sp³-hybridized carbons (Fsp3) is 0.176. The molecule has 20 heavy (non-hydrogen) atoms. The molecule has 1 aromatic heterocycles. The summed E-state index contributed by atoms with van der Waals surface area (Å²) in [6.45, 7) is 2.99. The molecular formula is C17H16BrNO. The fourth-order valence-corrected chi connectivity index (χ4v) is 2.78. The van der Waals surface area contributed by atoms with Crippen molar-refractivity contribution in [1.29, 1.82) is 0 Å². The number of nitrogens with one attached hydrogen (secondary N) is 1. The van der Waals surface area contributed by atoms with Crippen molar-refractivity contribution >= 4 is 26.7 Å². The van der Waals surface area contributed by atoms with E-state index in [4.69, 9.17) is 4.42 Å². The summed E-state index contributed by atoms with van der Waals surface area (Å²) in [5, 5.41) is 5.98. The van der Waals surface area contributed by atoms with Crippen molar-refractivity contribution in [2.24, 2.45) is 0 Å². The van der Waals surface area contributed by atoms with Gasteiger partial charge in [-0.3, -0.25) is 0 Å². The molecule has 0 spiro atoms. The lowest BCUT2D eigenvalue weighted by Gasteiger charge is -2.16. The maximum absolute atomic E-state index is 5.72. The standard InChI is InChI=1S/C17H16BrNO/c1-2-19-17(15-9-10-16(18)20-15)14-8-7-12-5-3-4-6-13(12)11-14/h3-11,17,19H,2H2,1H3. The van der Waals surface area contributed by atoms with Crippen LogP contribution in [0.25, 0.3) is 10.8 Å². The molecule has 0 bridgehead atoms. The molecule has 0 aliphatic heterocycles. The first-order valence-electron chi connectivity index (χ1n) is 6.75. The molecule has 0 radical (unpaired) electrons. The maximum Gasteiger partial charge on any atom is 0.169 e. The zero-order chi connectivity index (χ0) is 13.9. The van der Waals surface area contributed by atoms with Crippen molar-refractivity contribution in [2.45, 2.75) is 13.0 Å². The second-order valence-electron chi connectivity index (χ2n) is 4.74. The summed E-state index contributed by atoms with van der Waals surface area (Å²) < 4.78 is 6.48. The van der Waals surface area contributed by atoms with Crippen molar-refractivity contribution in [3.05, 3.63) is 70.6 Å². The largest absolute Gasteiger partial charge is 0.452 e. The zero-order valence-electron chi connectivity index (χ0n) is 11.3. The van der Waals surface area contributed by atoms with E-state index in [1.54, 1.807) is 0 Å². The van der Waals surface area contributed by atoms with Crippen molar-refractivity contribution < 1.29 is 4.42 Å². The van der Waals surface area contributed by atoms with Crippen LogP contribution in [0.15, 0.2) is 63.7 Å². The van der Waals surface area contributed by atoms with E-state index in [1.165, 1.54) is 16.3 Å². The molecule has 0 amide bonds. The molecule has 2 nitrogen and oxygen atoms in total. The van der Waals surface area contributed by atoms with E-state index in [2.05, 4.69) is 70.6 Å². The quantitative estimate of drug-likeness (QED) is 0.736. The Hall–Kier alpha value is -1.58. The van der Waals surface area contributed by atoms with Crippen molar-refractivity contribution in [2.75, 3.05) is 6.54 Å². The predicted molar refractivity (Wildman–Crippen MR) is 85.9 cm³/mol. The Morgan fingerprint density at radius 1 is 1.05 bits per heavy atom. The van der Waals surface area contributed by atoms with Crippen LogP contribution in [-0.2, 0) is 0 Å². The van der Waals surface area contributed by atoms with Gasteiger partial charge in [0.2, 0.25) is 0 Å². The van der Waals surface area contributed by atoms with E-state index >= 15 is 0 Å². The van der Waals surface area contributed by atoms with Gasteiger partial charge in [0.1, 0.15) is 5.76 Å². The second kappa shape index (κ2) is 5.81. The lowest BCUT2D eigenvalue weighted by Crippen LogP contribution is -2.21. The van der Waals surface area contributed by atoms with Crippen LogP contribution in [0.5, 0.6) is 0 Å². The highest BCUT2D eigenvalue weighted by molar-refractivity contribution is 9.10. The number of hydrogen-bond acceptors (Lipinski definition) is 2. The van der Waals surface area contributed by atoms with Gasteiger partial charge in [0.05, 0.1) is 6.04 Å². The molecule has 1 heterocycles. The van der Waals surface area contributed by atoms with Crippen molar-refractivity contribution in [3.8, 4) is 0 Å². The van der Waals surface area contributed by atoms with Crippen LogP contribution in [0.3, 0.4) is 0 Å². The predicted octanol–water partition coefficient (Wildman–Crippen LogP) is 4.89. The molecule has 0 saturated carbocycles. The Bertz CT molecular complexity index is 720. The van der Waals surface area contributed by atoms with Gasteiger partial charge in [-0.1, -0.05) is 43.3 Å². The zero-order valence-corrected chi connectivity index (χ0v) is 12.9. The van der Waals surface area contributed by atoms with Gasteiger partial charge >= 0.3 is 0 Å². The van der Waals surface area contributed by atoms with Gasteiger partial charge in [0, 0.05) is 0 Å². The van der Waals surface area contributed by atoms with Crippen molar-refractivity contribution in [3.63, 3.8) is 0 Å². The molecule has 102 valence electrons. The summed E-state index contributed by atoms with van der Waals surface area (Å²) >= 11 is 3.37. The molecule has 3 aromatic rings. The van der Waals surface area contributed by atoms with E-state index in [9.17, 15) is 0 Å². The molecule has 0 saturated heterocycles. The Morgan fingerprint density at radius 3 is 2.55 bits per heavy atom. The van der Waals surface area contributed by atoms with E-state index in [0.29, 0.717) is 0 Å². The third-order valence-electron chi connectivity index (χ3n) is 3.39. The van der Waals surface area contributed by atoms with Crippen LogP contribution in [0.2, 0.25) is 0 Å². The van der Waals surface area contributed by atoms with E-state index < -0.39 is 0 Å². The average Bonchev–Trinajstić information content (AvgIpc) is 2.90. The third-order valence-corrected chi connectivity index (χ3v) is 3.82. The monoisotopic (exact) mass is 329 g/mol. The fourth-order valence-electron chi connectivity index (χ4n) is 2.46. The maximum atomic E-state index is 5.72. The van der Waals surface area contributed by atoms with Crippen LogP contribution in [0.1, 0.15) is 24.3 Å². The molecule has 0 aliphatic rings. The van der Waals surface area contributed by atoms with Gasteiger partial charge < -0.3 is 9.73 Å². The van der Waals surface area contributed by atoms with E-state index in [0.717, 1.165) is 17.0 Å². The molecule has 0 fully saturated rings. The van der Waals surface area contributed by atoms with Gasteiger partial charge in [-0.15, -0.1) is 0 Å². The minimum Gasteiger partial charge on any atom is -0.452 e. The minimum absolute atomic E-state index is 0.0795. The lowest BCUT2D eigenvalue weighted by molar-refractivity contribution is 0.438. The average molecular weight is 330 g/mol. The molecule has 1 N–H and O–H groups in total. The number of halogens is 1. The molecule has 0 aliphatic carbocycles. The first-order valence-corrected chi connectivity index (χ1v) is 7.54. The molecule has 3 rings (SSSR count). The van der Waals surface area contributed by atoms with Crippen LogP contribution < -0.4 is 5.32 Å². The number of hydrogen-bond donors (Lipinski definition) is 1. The lowest BCUT2D eigenvalue weighted by atomic mass is 10.0. The molecule has 1 atom stereocenters. The van der Waals surface area contributed by atoms with E-state index in [1.807, 2.05) is 12.1 Å². The summed E-state index contributed by atoms with van der Waals surface area (Å²) in [5.41, 5.74) is 1.22. The first kappa shape index (κ1) is 13.4. The highest BCUT2D eigenvalue weighted by Crippen LogP contribution is 2.28. The highest BCUT2D eigenvalue weighted by atomic mass is 79.9. The number of benzene rings is 2. The summed E-state index contributed by atoms with van der Waals surface area (Å²) in [5.74, 6) is 0.925. The topological polar surface area (TPSA) is 25.2 Å². The summed E-state index contributed by atoms with van der Waals surface area (Å²) in [6, 6.07) is 19.0. The van der Waals surface area contributed by atoms with Crippen LogP contribution in [-0.4, -0.2) is 6.54 Å². The Kier molecular flexibility index (Phi) is 3.90. The Balaban J connectivity index is 2.04. The van der Waals surface area contributed by atoms with Gasteiger partial charge in [-0.25, -0.2) is 0 Å². The SMILES string of the molecule is CCNC(c1ccc2ccccc2c1)c1ccc(Br)o1. The van der Waals surface area contributed by atoms with Crippen LogP contribution >= 0.6 is 15.9 Å². The summed E-state index contributed by atoms with van der Waals surface area (Å²) in [7, 11) is 0. The molecule has 3 heteroatoms. The Labute approximate surface area is 126 Å². The Morgan fingerprint density at radius 2 is 1.85 bits per heavy atom. The van der Waals surface area contributed by atoms with E-state index in [-0.39, 0.29) is 6.04 Å². The number of fused-ring (bicyclic) bond motifs is 1. The van der Waals surface area contributed by atoms with Crippen molar-refractivity contribution in [1.82, 2.24) is 5.32 Å². The van der Waals surface area contributed by atoms with Gasteiger partial charge in [-0.2, -0.15) is 0 Å². The molecular weight excluding hydrogens is 314 g/mol. The van der Waals surface area contributed by atoms with Crippen LogP contribution in [0.4, 0.5) is 0 Å². The smallest absolute Gasteiger partial charge is 0.169 e. The molecule has 1 unspecified atom stereocenters. The van der Waals surface area contributed by atoms with Gasteiger partial charge in [0.25, 0.3) is 0 Å². The highest BCUT2D eigenvalue weighted by Gasteiger charge is 2.16. The van der Waals surface area contributed by atoms with Crippen LogP contribution in [0, 0.1) is 0 Å². The number of rotatable bonds is 4. The number of furan rings is 1. The first-order chi connectivity index (χ1) is 9.78. The minimum atomic E-state index is 0.0795.